The summed E-state index contributed by atoms with van der Waals surface area (Å²) in [6.45, 7) is 0. The number of nitrogen functional groups attached to an aromatic ring is 2. The van der Waals surface area contributed by atoms with Crippen molar-refractivity contribution >= 4 is 34.3 Å². The number of H-pyrrole nitrogens is 1. The Balaban J connectivity index is 2.03. The maximum atomic E-state index is 11.9. The second-order valence-corrected chi connectivity index (χ2v) is 5.36. The summed E-state index contributed by atoms with van der Waals surface area (Å²) in [4.78, 5) is 19.5. The molecule has 0 radical (unpaired) electrons. The Labute approximate surface area is 119 Å². The number of aromatic amines is 1. The Hall–Kier alpha value is -2.47. The predicted molar refractivity (Wildman–Crippen MR) is 81.8 cm³/mol. The van der Waals surface area contributed by atoms with Crippen LogP contribution in [0.3, 0.4) is 0 Å². The van der Waals surface area contributed by atoms with Crippen molar-refractivity contribution < 1.29 is 0 Å². The first-order chi connectivity index (χ1) is 9.63. The van der Waals surface area contributed by atoms with E-state index in [4.69, 9.17) is 11.5 Å². The summed E-state index contributed by atoms with van der Waals surface area (Å²) in [7, 11) is 0. The number of rotatable bonds is 2. The van der Waals surface area contributed by atoms with E-state index in [1.807, 2.05) is 42.5 Å². The molecule has 0 aliphatic heterocycles. The average Bonchev–Trinajstić information content (AvgIpc) is 2.42. The van der Waals surface area contributed by atoms with Crippen molar-refractivity contribution in [3.05, 3.63) is 52.8 Å². The maximum Gasteiger partial charge on any atom is 0.268 e. The van der Waals surface area contributed by atoms with Gasteiger partial charge in [0, 0.05) is 4.90 Å². The van der Waals surface area contributed by atoms with Gasteiger partial charge >= 0.3 is 0 Å². The van der Waals surface area contributed by atoms with Gasteiger partial charge in [0.05, 0.1) is 0 Å². The van der Waals surface area contributed by atoms with Crippen LogP contribution in [0, 0.1) is 0 Å². The van der Waals surface area contributed by atoms with Crippen molar-refractivity contribution in [2.45, 2.75) is 9.79 Å². The van der Waals surface area contributed by atoms with Crippen LogP contribution in [0.4, 0.5) is 11.8 Å². The molecule has 1 aromatic heterocycles. The summed E-state index contributed by atoms with van der Waals surface area (Å²) in [5.41, 5.74) is 10.9. The molecule has 1 heterocycles. The molecule has 0 spiro atoms. The molecule has 20 heavy (non-hydrogen) atoms. The molecule has 2 aromatic carbocycles. The minimum Gasteiger partial charge on any atom is -0.382 e. The zero-order valence-electron chi connectivity index (χ0n) is 10.5. The van der Waals surface area contributed by atoms with E-state index in [9.17, 15) is 4.79 Å². The van der Waals surface area contributed by atoms with Crippen LogP contribution in [0.1, 0.15) is 0 Å². The Morgan fingerprint density at radius 2 is 1.80 bits per heavy atom. The van der Waals surface area contributed by atoms with E-state index in [0.717, 1.165) is 15.7 Å². The quantitative estimate of drug-likeness (QED) is 0.670. The van der Waals surface area contributed by atoms with E-state index in [1.165, 1.54) is 11.8 Å². The number of anilines is 2. The van der Waals surface area contributed by atoms with Crippen LogP contribution in [0.2, 0.25) is 0 Å². The van der Waals surface area contributed by atoms with Crippen molar-refractivity contribution in [1.82, 2.24) is 9.97 Å². The van der Waals surface area contributed by atoms with E-state index >= 15 is 0 Å². The van der Waals surface area contributed by atoms with E-state index in [0.29, 0.717) is 4.90 Å². The van der Waals surface area contributed by atoms with Gasteiger partial charge in [0.15, 0.2) is 0 Å². The summed E-state index contributed by atoms with van der Waals surface area (Å²) in [5.74, 6) is 0.166. The normalized spacial score (nSPS) is 10.8. The molecule has 0 unspecified atom stereocenters. The Morgan fingerprint density at radius 3 is 2.55 bits per heavy atom. The van der Waals surface area contributed by atoms with Crippen LogP contribution in [-0.4, -0.2) is 9.97 Å². The van der Waals surface area contributed by atoms with Gasteiger partial charge in [0.2, 0.25) is 5.95 Å². The number of nitrogens with two attached hydrogens (primary N) is 2. The molecule has 0 bridgehead atoms. The number of aromatic nitrogens is 2. The molecule has 0 saturated carbocycles. The third kappa shape index (κ3) is 2.33. The fraction of sp³-hybridized carbons (Fsp3) is 0. The molecule has 5 N–H and O–H groups in total. The average molecular weight is 284 g/mol. The van der Waals surface area contributed by atoms with Crippen LogP contribution >= 0.6 is 11.8 Å². The number of hydrogen-bond donors (Lipinski definition) is 3. The lowest BCUT2D eigenvalue weighted by Gasteiger charge is -2.05. The fourth-order valence-corrected chi connectivity index (χ4v) is 2.80. The largest absolute Gasteiger partial charge is 0.382 e. The van der Waals surface area contributed by atoms with Crippen LogP contribution in [0.15, 0.2) is 57.1 Å². The molecule has 0 saturated heterocycles. The monoisotopic (exact) mass is 284 g/mol. The van der Waals surface area contributed by atoms with Gasteiger partial charge in [-0.15, -0.1) is 0 Å². The van der Waals surface area contributed by atoms with Crippen LogP contribution < -0.4 is 17.0 Å². The smallest absolute Gasteiger partial charge is 0.268 e. The molecule has 0 amide bonds. The van der Waals surface area contributed by atoms with Crippen molar-refractivity contribution in [2.75, 3.05) is 11.5 Å². The minimum absolute atomic E-state index is 0.0235. The molecule has 0 aliphatic rings. The Morgan fingerprint density at radius 1 is 1.05 bits per heavy atom. The zero-order chi connectivity index (χ0) is 14.1. The second kappa shape index (κ2) is 4.90. The highest BCUT2D eigenvalue weighted by Gasteiger charge is 2.10. The maximum absolute atomic E-state index is 11.9. The SMILES string of the molecule is Nc1nc(N)c(Sc2ccc3ccccc3c2)c(=O)[nH]1. The Kier molecular flexibility index (Phi) is 3.08. The molecule has 5 nitrogen and oxygen atoms in total. The van der Waals surface area contributed by atoms with Crippen molar-refractivity contribution in [3.63, 3.8) is 0 Å². The topological polar surface area (TPSA) is 97.8 Å². The molecule has 6 heteroatoms. The summed E-state index contributed by atoms with van der Waals surface area (Å²) in [6.07, 6.45) is 0. The van der Waals surface area contributed by atoms with Gasteiger partial charge < -0.3 is 11.5 Å². The summed E-state index contributed by atoms with van der Waals surface area (Å²) < 4.78 is 0. The standard InChI is InChI=1S/C14H12N4OS/c15-12-11(13(19)18-14(16)17-12)20-10-6-5-8-3-1-2-4-9(8)7-10/h1-7H,(H5,15,16,17,18,19). The third-order valence-corrected chi connectivity index (χ3v) is 3.95. The van der Waals surface area contributed by atoms with Gasteiger partial charge in [-0.3, -0.25) is 9.78 Å². The lowest BCUT2D eigenvalue weighted by molar-refractivity contribution is 1.07. The number of benzene rings is 2. The van der Waals surface area contributed by atoms with E-state index < -0.39 is 0 Å². The summed E-state index contributed by atoms with van der Waals surface area (Å²) >= 11 is 1.28. The second-order valence-electron chi connectivity index (χ2n) is 4.28. The highest BCUT2D eigenvalue weighted by Crippen LogP contribution is 2.30. The highest BCUT2D eigenvalue weighted by atomic mass is 32.2. The fourth-order valence-electron chi connectivity index (χ4n) is 1.95. The molecule has 3 aromatic rings. The van der Waals surface area contributed by atoms with Gasteiger partial charge in [0.25, 0.3) is 5.56 Å². The molecule has 0 atom stereocenters. The van der Waals surface area contributed by atoms with E-state index in [1.54, 1.807) is 0 Å². The van der Waals surface area contributed by atoms with Gasteiger partial charge in [-0.1, -0.05) is 42.1 Å². The van der Waals surface area contributed by atoms with E-state index in [2.05, 4.69) is 9.97 Å². The number of fused-ring (bicyclic) bond motifs is 1. The first-order valence-corrected chi connectivity index (χ1v) is 6.77. The van der Waals surface area contributed by atoms with Crippen molar-refractivity contribution in [1.29, 1.82) is 0 Å². The van der Waals surface area contributed by atoms with Crippen LogP contribution in [0.5, 0.6) is 0 Å². The lowest BCUT2D eigenvalue weighted by Crippen LogP contribution is -2.15. The summed E-state index contributed by atoms with van der Waals surface area (Å²) in [5, 5.41) is 2.25. The van der Waals surface area contributed by atoms with Crippen LogP contribution in [0.25, 0.3) is 10.8 Å². The Bertz CT molecular complexity index is 844. The number of nitrogens with one attached hydrogen (secondary N) is 1. The molecule has 0 aliphatic carbocycles. The van der Waals surface area contributed by atoms with Gasteiger partial charge in [0.1, 0.15) is 10.7 Å². The van der Waals surface area contributed by atoms with Gasteiger partial charge in [-0.2, -0.15) is 4.98 Å². The molecule has 0 fully saturated rings. The number of hydrogen-bond acceptors (Lipinski definition) is 5. The van der Waals surface area contributed by atoms with Crippen molar-refractivity contribution in [2.24, 2.45) is 0 Å². The zero-order valence-corrected chi connectivity index (χ0v) is 11.3. The molecular formula is C14H12N4OS. The van der Waals surface area contributed by atoms with Crippen LogP contribution in [-0.2, 0) is 0 Å². The lowest BCUT2D eigenvalue weighted by atomic mass is 10.1. The molecular weight excluding hydrogens is 272 g/mol. The molecule has 3 rings (SSSR count). The third-order valence-electron chi connectivity index (χ3n) is 2.86. The van der Waals surface area contributed by atoms with Gasteiger partial charge in [-0.05, 0) is 22.9 Å². The number of nitrogens with zero attached hydrogens (tertiary/aromatic N) is 1. The minimum atomic E-state index is -0.326. The molecule has 100 valence electrons. The predicted octanol–water partition coefficient (Wildman–Crippen LogP) is 2.24. The van der Waals surface area contributed by atoms with E-state index in [-0.39, 0.29) is 17.3 Å². The van der Waals surface area contributed by atoms with Crippen molar-refractivity contribution in [3.8, 4) is 0 Å². The first kappa shape index (κ1) is 12.6. The summed E-state index contributed by atoms with van der Waals surface area (Å²) in [6, 6.07) is 14.0. The first-order valence-electron chi connectivity index (χ1n) is 5.95. The highest BCUT2D eigenvalue weighted by molar-refractivity contribution is 7.99. The van der Waals surface area contributed by atoms with Gasteiger partial charge in [-0.25, -0.2) is 0 Å².